The van der Waals surface area contributed by atoms with Gasteiger partial charge in [-0.1, -0.05) is 175 Å². The lowest BCUT2D eigenvalue weighted by Gasteiger charge is -2.38. The second-order valence-electron chi connectivity index (χ2n) is 16.9. The Morgan fingerprint density at radius 1 is 0.470 bits per heavy atom. The molecule has 4 N–H and O–H groups in total. The molecule has 1 heterocycles. The zero-order valence-electron chi connectivity index (χ0n) is 40.6. The number of carbonyl (C=O) groups excluding carboxylic acids is 2. The van der Waals surface area contributed by atoms with Gasteiger partial charge in [0.25, 0.3) is 0 Å². The van der Waals surface area contributed by atoms with Crippen molar-refractivity contribution in [3.8, 4) is 0 Å². The molecule has 1 aliphatic heterocycles. The first-order chi connectivity index (χ1) is 32.2. The predicted molar refractivity (Wildman–Crippen MR) is 266 cm³/mol. The predicted octanol–water partition coefficient (Wildman–Crippen LogP) is 12.0. The molecule has 11 nitrogen and oxygen atoms in total. The minimum atomic E-state index is -1.87. The number of rotatable bonds is 41. The van der Waals surface area contributed by atoms with E-state index in [4.69, 9.17) is 18.9 Å². The highest BCUT2D eigenvalue weighted by Crippen LogP contribution is 2.23. The molecule has 0 aromatic rings. The highest BCUT2D eigenvalue weighted by Gasteiger charge is 2.47. The number of allylic oxidation sites excluding steroid dienone is 16. The summed E-state index contributed by atoms with van der Waals surface area (Å²) in [6.45, 7) is 3.57. The Kier molecular flexibility index (Phi) is 39.8. The van der Waals surface area contributed by atoms with E-state index in [1.165, 1.54) is 25.7 Å². The summed E-state index contributed by atoms with van der Waals surface area (Å²) >= 11 is 0. The second kappa shape index (κ2) is 43.7. The van der Waals surface area contributed by atoms with Gasteiger partial charge in [-0.2, -0.15) is 0 Å². The van der Waals surface area contributed by atoms with E-state index in [1.54, 1.807) is 0 Å². The summed E-state index contributed by atoms with van der Waals surface area (Å²) in [6.07, 6.45) is 50.2. The fourth-order valence-electron chi connectivity index (χ4n) is 7.04. The van der Waals surface area contributed by atoms with Gasteiger partial charge in [0, 0.05) is 12.8 Å². The van der Waals surface area contributed by atoms with Crippen molar-refractivity contribution in [2.45, 2.75) is 218 Å². The quantitative estimate of drug-likeness (QED) is 0.0261. The number of aliphatic carboxylic acids is 1. The van der Waals surface area contributed by atoms with Gasteiger partial charge in [0.05, 0.1) is 6.61 Å². The molecule has 0 aromatic heterocycles. The molecular formula is C55H88O11. The fourth-order valence-corrected chi connectivity index (χ4v) is 7.04. The maximum atomic E-state index is 12.8. The number of carboxylic acids is 1. The van der Waals surface area contributed by atoms with E-state index >= 15 is 0 Å². The number of hydrogen-bond donors (Lipinski definition) is 4. The van der Waals surface area contributed by atoms with Gasteiger partial charge in [0.2, 0.25) is 0 Å². The van der Waals surface area contributed by atoms with Crippen molar-refractivity contribution in [1.29, 1.82) is 0 Å². The Morgan fingerprint density at radius 2 is 0.848 bits per heavy atom. The number of ether oxygens (including phenoxy) is 4. The Hall–Kier alpha value is -3.87. The molecule has 1 rings (SSSR count). The van der Waals surface area contributed by atoms with Gasteiger partial charge in [-0.15, -0.1) is 0 Å². The molecule has 0 aromatic carbocycles. The molecule has 11 heteroatoms. The van der Waals surface area contributed by atoms with E-state index in [1.807, 2.05) is 0 Å². The van der Waals surface area contributed by atoms with Crippen LogP contribution in [0.2, 0.25) is 0 Å². The van der Waals surface area contributed by atoms with Crippen molar-refractivity contribution in [1.82, 2.24) is 0 Å². The maximum Gasteiger partial charge on any atom is 0.335 e. The van der Waals surface area contributed by atoms with Crippen molar-refractivity contribution < 1.29 is 53.8 Å². The standard InChI is InChI=1S/C55H88O11/c1-3-5-7-9-11-13-15-17-19-21-23-24-26-27-29-31-33-35-37-39-41-43-48(56)63-45-47(46-64-55-52(60)50(58)51(59)53(66-55)54(61)62)65-49(57)44-42-40-38-36-34-32-30-28-25-22-20-18-16-14-12-10-8-6-4-2/h5-8,11-14,17-20,23-25,28,47,50-53,55,58-60H,3-4,9-10,15-16,21-22,26-27,29-46H2,1-2H3,(H,61,62)/b7-5-,8-6-,13-11-,14-12-,19-17-,20-18-,24-23-,28-25-. The molecule has 0 amide bonds. The summed E-state index contributed by atoms with van der Waals surface area (Å²) in [4.78, 5) is 37.0. The van der Waals surface area contributed by atoms with E-state index in [0.29, 0.717) is 12.8 Å². The number of aliphatic hydroxyl groups excluding tert-OH is 3. The first kappa shape index (κ1) is 60.1. The average molecular weight is 925 g/mol. The van der Waals surface area contributed by atoms with Gasteiger partial charge >= 0.3 is 17.9 Å². The Balaban J connectivity index is 2.33. The minimum Gasteiger partial charge on any atom is -0.479 e. The number of aliphatic hydroxyl groups is 3. The smallest absolute Gasteiger partial charge is 0.335 e. The summed E-state index contributed by atoms with van der Waals surface area (Å²) in [5.41, 5.74) is 0. The molecule has 1 saturated heterocycles. The van der Waals surface area contributed by atoms with Gasteiger partial charge in [-0.05, 0) is 89.9 Å². The van der Waals surface area contributed by atoms with Crippen LogP contribution in [0.4, 0.5) is 0 Å². The molecule has 6 unspecified atom stereocenters. The lowest BCUT2D eigenvalue weighted by molar-refractivity contribution is -0.298. The Bertz CT molecular complexity index is 1460. The Labute approximate surface area is 398 Å². The number of unbranched alkanes of at least 4 members (excludes halogenated alkanes) is 14. The van der Waals surface area contributed by atoms with Crippen LogP contribution in [0.1, 0.15) is 181 Å². The van der Waals surface area contributed by atoms with Crippen molar-refractivity contribution in [2.24, 2.45) is 0 Å². The van der Waals surface area contributed by atoms with Gasteiger partial charge < -0.3 is 39.4 Å². The van der Waals surface area contributed by atoms with Gasteiger partial charge in [-0.25, -0.2) is 4.79 Å². The molecule has 0 bridgehead atoms. The van der Waals surface area contributed by atoms with Crippen molar-refractivity contribution >= 4 is 17.9 Å². The SMILES string of the molecule is CC/C=C\C/C=C\C/C=C\C/C=C\CCCCCCCCCCC(=O)OCC(COC1OC(C(=O)O)C(O)C(O)C1O)OC(=O)CCCCCCCC/C=C\C/C=C\C/C=C\C/C=C\CC. The summed E-state index contributed by atoms with van der Waals surface area (Å²) < 4.78 is 21.8. The van der Waals surface area contributed by atoms with Crippen LogP contribution in [-0.2, 0) is 33.3 Å². The third kappa shape index (κ3) is 34.4. The zero-order valence-corrected chi connectivity index (χ0v) is 40.6. The van der Waals surface area contributed by atoms with Crippen LogP contribution >= 0.6 is 0 Å². The molecule has 0 saturated carbocycles. The summed E-state index contributed by atoms with van der Waals surface area (Å²) in [5.74, 6) is -2.48. The maximum absolute atomic E-state index is 12.8. The Morgan fingerprint density at radius 3 is 1.27 bits per heavy atom. The molecule has 374 valence electrons. The monoisotopic (exact) mass is 925 g/mol. The topological polar surface area (TPSA) is 169 Å². The van der Waals surface area contributed by atoms with Crippen molar-refractivity contribution in [2.75, 3.05) is 13.2 Å². The number of esters is 2. The molecular weight excluding hydrogens is 837 g/mol. The van der Waals surface area contributed by atoms with Crippen LogP contribution in [0, 0.1) is 0 Å². The summed E-state index contributed by atoms with van der Waals surface area (Å²) in [5, 5.41) is 39.9. The van der Waals surface area contributed by atoms with E-state index in [9.17, 15) is 34.8 Å². The van der Waals surface area contributed by atoms with E-state index in [0.717, 1.165) is 116 Å². The van der Waals surface area contributed by atoms with Crippen LogP contribution in [-0.4, -0.2) is 88.4 Å². The van der Waals surface area contributed by atoms with Crippen LogP contribution in [0.3, 0.4) is 0 Å². The molecule has 0 radical (unpaired) electrons. The third-order valence-corrected chi connectivity index (χ3v) is 10.9. The highest BCUT2D eigenvalue weighted by molar-refractivity contribution is 5.73. The van der Waals surface area contributed by atoms with Gasteiger partial charge in [-0.3, -0.25) is 9.59 Å². The van der Waals surface area contributed by atoms with Gasteiger partial charge in [0.15, 0.2) is 18.5 Å². The molecule has 6 atom stereocenters. The van der Waals surface area contributed by atoms with Crippen LogP contribution < -0.4 is 0 Å². The number of carbonyl (C=O) groups is 3. The minimum absolute atomic E-state index is 0.159. The summed E-state index contributed by atoms with van der Waals surface area (Å²) in [6, 6.07) is 0. The zero-order chi connectivity index (χ0) is 48.1. The van der Waals surface area contributed by atoms with Gasteiger partial charge in [0.1, 0.15) is 24.9 Å². The van der Waals surface area contributed by atoms with Crippen molar-refractivity contribution in [3.63, 3.8) is 0 Å². The lowest BCUT2D eigenvalue weighted by atomic mass is 9.99. The fraction of sp³-hybridized carbons (Fsp3) is 0.655. The molecule has 0 aliphatic carbocycles. The van der Waals surface area contributed by atoms with Crippen molar-refractivity contribution in [3.05, 3.63) is 97.2 Å². The van der Waals surface area contributed by atoms with Crippen LogP contribution in [0.5, 0.6) is 0 Å². The number of hydrogen-bond acceptors (Lipinski definition) is 10. The van der Waals surface area contributed by atoms with E-state index < -0.39 is 61.3 Å². The normalized spacial score (nSPS) is 19.9. The largest absolute Gasteiger partial charge is 0.479 e. The van der Waals surface area contributed by atoms with Crippen LogP contribution in [0.25, 0.3) is 0 Å². The average Bonchev–Trinajstić information content (AvgIpc) is 3.30. The summed E-state index contributed by atoms with van der Waals surface area (Å²) in [7, 11) is 0. The number of carboxylic acid groups (broad SMARTS) is 1. The molecule has 1 fully saturated rings. The highest BCUT2D eigenvalue weighted by atomic mass is 16.7. The molecule has 0 spiro atoms. The van der Waals surface area contributed by atoms with Crippen LogP contribution in [0.15, 0.2) is 97.2 Å². The van der Waals surface area contributed by atoms with E-state index in [-0.39, 0.29) is 19.4 Å². The first-order valence-electron chi connectivity index (χ1n) is 25.3. The molecule has 1 aliphatic rings. The lowest BCUT2D eigenvalue weighted by Crippen LogP contribution is -2.60. The first-order valence-corrected chi connectivity index (χ1v) is 25.3. The molecule has 66 heavy (non-hydrogen) atoms. The second-order valence-corrected chi connectivity index (χ2v) is 16.9. The third-order valence-electron chi connectivity index (χ3n) is 10.9. The van der Waals surface area contributed by atoms with E-state index in [2.05, 4.69) is 111 Å².